The Morgan fingerprint density at radius 3 is 1.59 bits per heavy atom. The molecule has 0 spiro atoms. The molecule has 0 radical (unpaired) electrons. The summed E-state index contributed by atoms with van der Waals surface area (Å²) >= 11 is 0. The van der Waals surface area contributed by atoms with Gasteiger partial charge in [0.15, 0.2) is 0 Å². The van der Waals surface area contributed by atoms with Crippen molar-refractivity contribution in [2.24, 2.45) is 0 Å². The highest BCUT2D eigenvalue weighted by atomic mass is 15.0. The number of fused-ring (bicyclic) bond motifs is 5. The fourth-order valence-corrected chi connectivity index (χ4v) is 7.59. The normalized spacial score (nSPS) is 11.2. The molecule has 1 aromatic heterocycles. The summed E-state index contributed by atoms with van der Waals surface area (Å²) in [4.78, 5) is 0. The second-order valence-corrected chi connectivity index (χ2v) is 12.3. The van der Waals surface area contributed by atoms with Crippen molar-refractivity contribution in [3.05, 3.63) is 175 Å². The maximum absolute atomic E-state index is 10.2. The Morgan fingerprint density at radius 1 is 0.367 bits per heavy atom. The SMILES string of the molecule is N#Cc1ccc(-c2c3ccccc3c(-c3ccccc3)c3ccccc23)c(-c2ccccc2-n2c3ccccc3c3cc(C#N)ccc32)c1. The van der Waals surface area contributed by atoms with Crippen molar-refractivity contribution in [1.82, 2.24) is 4.57 Å². The Bertz CT molecular complexity index is 2790. The molecule has 9 aromatic rings. The average molecular weight is 622 g/mol. The number of benzene rings is 8. The van der Waals surface area contributed by atoms with Crippen molar-refractivity contribution in [3.8, 4) is 51.2 Å². The van der Waals surface area contributed by atoms with Crippen LogP contribution < -0.4 is 0 Å². The summed E-state index contributed by atoms with van der Waals surface area (Å²) in [5, 5.41) is 26.7. The molecular formula is C46H27N3. The number of rotatable bonds is 4. The van der Waals surface area contributed by atoms with Crippen molar-refractivity contribution in [2.45, 2.75) is 0 Å². The summed E-state index contributed by atoms with van der Waals surface area (Å²) < 4.78 is 2.29. The third-order valence-electron chi connectivity index (χ3n) is 9.65. The molecule has 8 aromatic carbocycles. The van der Waals surface area contributed by atoms with E-state index in [4.69, 9.17) is 0 Å². The number of hydrogen-bond donors (Lipinski definition) is 0. The Balaban J connectivity index is 1.40. The summed E-state index contributed by atoms with van der Waals surface area (Å²) in [5.41, 5.74) is 10.9. The first-order valence-corrected chi connectivity index (χ1v) is 16.3. The minimum Gasteiger partial charge on any atom is -0.309 e. The molecule has 0 aliphatic carbocycles. The quantitative estimate of drug-likeness (QED) is 0.184. The van der Waals surface area contributed by atoms with Crippen LogP contribution in [0.2, 0.25) is 0 Å². The van der Waals surface area contributed by atoms with Gasteiger partial charge < -0.3 is 4.57 Å². The van der Waals surface area contributed by atoms with Crippen LogP contribution in [0.1, 0.15) is 11.1 Å². The van der Waals surface area contributed by atoms with Gasteiger partial charge in [0.05, 0.1) is 40.0 Å². The van der Waals surface area contributed by atoms with E-state index in [0.717, 1.165) is 60.5 Å². The summed E-state index contributed by atoms with van der Waals surface area (Å²) in [6, 6.07) is 61.4. The fraction of sp³-hybridized carbons (Fsp3) is 0. The van der Waals surface area contributed by atoms with Crippen LogP contribution in [-0.4, -0.2) is 4.57 Å². The first-order valence-electron chi connectivity index (χ1n) is 16.3. The molecule has 1 heterocycles. The molecule has 0 unspecified atom stereocenters. The molecule has 0 bridgehead atoms. The van der Waals surface area contributed by atoms with Gasteiger partial charge in [-0.3, -0.25) is 0 Å². The van der Waals surface area contributed by atoms with Crippen LogP contribution in [0.4, 0.5) is 0 Å². The molecule has 3 nitrogen and oxygen atoms in total. The molecule has 0 N–H and O–H groups in total. The van der Waals surface area contributed by atoms with Gasteiger partial charge in [0.2, 0.25) is 0 Å². The highest BCUT2D eigenvalue weighted by molar-refractivity contribution is 6.22. The van der Waals surface area contributed by atoms with E-state index >= 15 is 0 Å². The standard InChI is InChI=1S/C46H27N3/c47-28-30-22-24-39(46-37-18-6-4-16-35(37)45(32-12-2-1-3-13-32)36-17-5-7-19-38(36)46)40(26-30)33-14-8-10-20-42(33)49-43-21-11-9-15-34(43)41-27-31(29-48)23-25-44(41)49/h1-27H. The number of aromatic nitrogens is 1. The van der Waals surface area contributed by atoms with E-state index in [2.05, 4.69) is 144 Å². The zero-order chi connectivity index (χ0) is 32.9. The Labute approximate surface area is 283 Å². The highest BCUT2D eigenvalue weighted by Crippen LogP contribution is 2.47. The maximum atomic E-state index is 10.2. The lowest BCUT2D eigenvalue weighted by Crippen LogP contribution is -1.99. The first-order chi connectivity index (χ1) is 24.2. The number of hydrogen-bond acceptors (Lipinski definition) is 2. The lowest BCUT2D eigenvalue weighted by Gasteiger charge is -2.21. The lowest BCUT2D eigenvalue weighted by molar-refractivity contribution is 1.18. The summed E-state index contributed by atoms with van der Waals surface area (Å²) in [5.74, 6) is 0. The molecule has 0 saturated heterocycles. The van der Waals surface area contributed by atoms with E-state index in [-0.39, 0.29) is 0 Å². The molecule has 49 heavy (non-hydrogen) atoms. The Hall–Kier alpha value is -6.94. The van der Waals surface area contributed by atoms with E-state index in [1.54, 1.807) is 0 Å². The van der Waals surface area contributed by atoms with Gasteiger partial charge in [-0.25, -0.2) is 0 Å². The van der Waals surface area contributed by atoms with Gasteiger partial charge >= 0.3 is 0 Å². The van der Waals surface area contributed by atoms with Crippen LogP contribution in [-0.2, 0) is 0 Å². The van der Waals surface area contributed by atoms with E-state index < -0.39 is 0 Å². The van der Waals surface area contributed by atoms with Crippen molar-refractivity contribution in [3.63, 3.8) is 0 Å². The van der Waals surface area contributed by atoms with Gasteiger partial charge in [-0.05, 0) is 91.8 Å². The molecule has 0 aliphatic heterocycles. The van der Waals surface area contributed by atoms with E-state index in [1.165, 1.54) is 21.9 Å². The monoisotopic (exact) mass is 621 g/mol. The smallest absolute Gasteiger partial charge is 0.0991 e. The van der Waals surface area contributed by atoms with Gasteiger partial charge in [-0.15, -0.1) is 0 Å². The van der Waals surface area contributed by atoms with Gasteiger partial charge in [-0.2, -0.15) is 10.5 Å². The molecule has 0 fully saturated rings. The molecular weight excluding hydrogens is 595 g/mol. The van der Waals surface area contributed by atoms with Crippen LogP contribution in [0, 0.1) is 22.7 Å². The van der Waals surface area contributed by atoms with Gasteiger partial charge in [0.25, 0.3) is 0 Å². The highest BCUT2D eigenvalue weighted by Gasteiger charge is 2.22. The van der Waals surface area contributed by atoms with Crippen LogP contribution >= 0.6 is 0 Å². The molecule has 0 aliphatic rings. The fourth-order valence-electron chi connectivity index (χ4n) is 7.59. The third kappa shape index (κ3) is 4.42. The van der Waals surface area contributed by atoms with E-state index in [9.17, 15) is 10.5 Å². The van der Waals surface area contributed by atoms with E-state index in [1.807, 2.05) is 36.4 Å². The maximum Gasteiger partial charge on any atom is 0.0991 e. The predicted octanol–water partition coefficient (Wildman–Crippen LogP) is 11.8. The van der Waals surface area contributed by atoms with Gasteiger partial charge in [-0.1, -0.05) is 121 Å². The minimum atomic E-state index is 0.601. The number of nitrogens with zero attached hydrogens (tertiary/aromatic N) is 3. The molecule has 9 rings (SSSR count). The first kappa shape index (κ1) is 28.3. The van der Waals surface area contributed by atoms with Crippen molar-refractivity contribution in [2.75, 3.05) is 0 Å². The van der Waals surface area contributed by atoms with E-state index in [0.29, 0.717) is 11.1 Å². The predicted molar refractivity (Wildman–Crippen MR) is 202 cm³/mol. The Kier molecular flexibility index (Phi) is 6.58. The molecule has 3 heteroatoms. The number of nitriles is 2. The van der Waals surface area contributed by atoms with Crippen LogP contribution in [0.15, 0.2) is 164 Å². The summed E-state index contributed by atoms with van der Waals surface area (Å²) in [7, 11) is 0. The molecule has 0 saturated carbocycles. The summed E-state index contributed by atoms with van der Waals surface area (Å²) in [6.07, 6.45) is 0. The van der Waals surface area contributed by atoms with Crippen molar-refractivity contribution >= 4 is 43.4 Å². The van der Waals surface area contributed by atoms with Crippen LogP contribution in [0.3, 0.4) is 0 Å². The van der Waals surface area contributed by atoms with Crippen LogP contribution in [0.5, 0.6) is 0 Å². The summed E-state index contributed by atoms with van der Waals surface area (Å²) in [6.45, 7) is 0. The zero-order valence-corrected chi connectivity index (χ0v) is 26.4. The zero-order valence-electron chi connectivity index (χ0n) is 26.4. The van der Waals surface area contributed by atoms with Crippen molar-refractivity contribution < 1.29 is 0 Å². The van der Waals surface area contributed by atoms with Gasteiger partial charge in [0.1, 0.15) is 0 Å². The topological polar surface area (TPSA) is 52.5 Å². The largest absolute Gasteiger partial charge is 0.309 e. The molecule has 0 amide bonds. The second kappa shape index (κ2) is 11.4. The van der Waals surface area contributed by atoms with Crippen LogP contribution in [0.25, 0.3) is 82.4 Å². The molecule has 226 valence electrons. The average Bonchev–Trinajstić information content (AvgIpc) is 3.50. The lowest BCUT2D eigenvalue weighted by atomic mass is 9.83. The minimum absolute atomic E-state index is 0.601. The van der Waals surface area contributed by atoms with Gasteiger partial charge in [0, 0.05) is 16.3 Å². The van der Waals surface area contributed by atoms with Crippen molar-refractivity contribution in [1.29, 1.82) is 10.5 Å². The Morgan fingerprint density at radius 2 is 0.898 bits per heavy atom. The number of para-hydroxylation sites is 2. The second-order valence-electron chi connectivity index (χ2n) is 12.3. The molecule has 0 atom stereocenters. The third-order valence-corrected chi connectivity index (χ3v) is 9.65.